The quantitative estimate of drug-likeness (QED) is 0.931. The molecule has 3 nitrogen and oxygen atoms in total. The Kier molecular flexibility index (Phi) is 4.69. The number of hydrogen-bond acceptors (Lipinski definition) is 3. The summed E-state index contributed by atoms with van der Waals surface area (Å²) in [5.74, 6) is -0.268. The van der Waals surface area contributed by atoms with Crippen LogP contribution in [0.1, 0.15) is 17.3 Å². The summed E-state index contributed by atoms with van der Waals surface area (Å²) in [6, 6.07) is 8.49. The number of rotatable bonds is 4. The van der Waals surface area contributed by atoms with Gasteiger partial charge in [-0.3, -0.25) is 4.98 Å². The van der Waals surface area contributed by atoms with Crippen LogP contribution in [0.15, 0.2) is 42.6 Å². The number of alkyl halides is 3. The highest BCUT2D eigenvalue weighted by molar-refractivity contribution is 6.31. The molecule has 0 saturated carbocycles. The Labute approximate surface area is 124 Å². The third-order valence-corrected chi connectivity index (χ3v) is 3.07. The van der Waals surface area contributed by atoms with Gasteiger partial charge in [0.15, 0.2) is 0 Å². The van der Waals surface area contributed by atoms with Crippen LogP contribution in [0.5, 0.6) is 5.75 Å². The molecule has 21 heavy (non-hydrogen) atoms. The monoisotopic (exact) mass is 316 g/mol. The first kappa shape index (κ1) is 15.6. The minimum Gasteiger partial charge on any atom is -0.406 e. The van der Waals surface area contributed by atoms with E-state index in [-0.39, 0.29) is 5.75 Å². The van der Waals surface area contributed by atoms with Gasteiger partial charge < -0.3 is 10.5 Å². The Bertz CT molecular complexity index is 602. The molecule has 0 aliphatic carbocycles. The zero-order chi connectivity index (χ0) is 15.5. The highest BCUT2D eigenvalue weighted by atomic mass is 35.5. The molecule has 1 aromatic heterocycles. The Morgan fingerprint density at radius 1 is 1.19 bits per heavy atom. The predicted octanol–water partition coefficient (Wildman–Crippen LogP) is 3.88. The zero-order valence-corrected chi connectivity index (χ0v) is 11.5. The number of nitrogens with zero attached hydrogens (tertiary/aromatic N) is 1. The molecule has 2 rings (SSSR count). The number of ether oxygens (including phenoxy) is 1. The van der Waals surface area contributed by atoms with Crippen molar-refractivity contribution in [3.05, 3.63) is 58.9 Å². The van der Waals surface area contributed by atoms with Crippen molar-refractivity contribution < 1.29 is 17.9 Å². The fraction of sp³-hybridized carbons (Fsp3) is 0.214. The van der Waals surface area contributed by atoms with Gasteiger partial charge in [0, 0.05) is 6.20 Å². The summed E-state index contributed by atoms with van der Waals surface area (Å²) in [6.45, 7) is 0. The topological polar surface area (TPSA) is 48.1 Å². The third kappa shape index (κ3) is 4.61. The van der Waals surface area contributed by atoms with Crippen molar-refractivity contribution in [2.45, 2.75) is 18.8 Å². The summed E-state index contributed by atoms with van der Waals surface area (Å²) < 4.78 is 40.0. The molecule has 7 heteroatoms. The van der Waals surface area contributed by atoms with Crippen LogP contribution in [-0.2, 0) is 6.42 Å². The molecule has 2 N–H and O–H groups in total. The lowest BCUT2D eigenvalue weighted by atomic mass is 10.0. The molecule has 0 saturated heterocycles. The number of halogens is 4. The molecular weight excluding hydrogens is 305 g/mol. The summed E-state index contributed by atoms with van der Waals surface area (Å²) in [6.07, 6.45) is -2.70. The van der Waals surface area contributed by atoms with Crippen molar-refractivity contribution in [3.8, 4) is 5.75 Å². The van der Waals surface area contributed by atoms with Gasteiger partial charge >= 0.3 is 6.36 Å². The Morgan fingerprint density at radius 3 is 2.43 bits per heavy atom. The molecule has 1 atom stereocenters. The number of aromatic nitrogens is 1. The van der Waals surface area contributed by atoms with Crippen LogP contribution < -0.4 is 10.5 Å². The lowest BCUT2D eigenvalue weighted by Crippen LogP contribution is -2.17. The molecule has 1 heterocycles. The highest BCUT2D eigenvalue weighted by Gasteiger charge is 2.30. The smallest absolute Gasteiger partial charge is 0.406 e. The SMILES string of the molecule is NC(Cc1ccc(OC(F)(F)F)cc1)c1ncccc1Cl. The van der Waals surface area contributed by atoms with E-state index in [1.807, 2.05) is 0 Å². The standard InChI is InChI=1S/C14H12ClF3N2O/c15-11-2-1-7-20-13(11)12(19)8-9-3-5-10(6-4-9)21-14(16,17)18/h1-7,12H,8,19H2. The molecule has 1 unspecified atom stereocenters. The number of hydrogen-bond donors (Lipinski definition) is 1. The summed E-state index contributed by atoms with van der Waals surface area (Å²) in [7, 11) is 0. The maximum atomic E-state index is 12.1. The summed E-state index contributed by atoms with van der Waals surface area (Å²) in [4.78, 5) is 4.11. The van der Waals surface area contributed by atoms with E-state index < -0.39 is 12.4 Å². The largest absolute Gasteiger partial charge is 0.573 e. The van der Waals surface area contributed by atoms with Crippen LogP contribution in [0.4, 0.5) is 13.2 Å². The van der Waals surface area contributed by atoms with Gasteiger partial charge in [-0.2, -0.15) is 0 Å². The molecule has 112 valence electrons. The van der Waals surface area contributed by atoms with E-state index >= 15 is 0 Å². The van der Waals surface area contributed by atoms with Gasteiger partial charge in [-0.05, 0) is 36.2 Å². The van der Waals surface area contributed by atoms with Crippen LogP contribution in [-0.4, -0.2) is 11.3 Å². The third-order valence-electron chi connectivity index (χ3n) is 2.75. The molecule has 0 fully saturated rings. The van der Waals surface area contributed by atoms with Gasteiger partial charge in [-0.15, -0.1) is 13.2 Å². The van der Waals surface area contributed by atoms with E-state index in [9.17, 15) is 13.2 Å². The van der Waals surface area contributed by atoms with Gasteiger partial charge in [0.1, 0.15) is 5.75 Å². The zero-order valence-electron chi connectivity index (χ0n) is 10.8. The molecule has 0 bridgehead atoms. The highest BCUT2D eigenvalue weighted by Crippen LogP contribution is 2.25. The first-order valence-electron chi connectivity index (χ1n) is 6.06. The lowest BCUT2D eigenvalue weighted by molar-refractivity contribution is -0.274. The van der Waals surface area contributed by atoms with Crippen molar-refractivity contribution in [1.29, 1.82) is 0 Å². The molecule has 0 amide bonds. The van der Waals surface area contributed by atoms with Crippen LogP contribution in [0.2, 0.25) is 5.02 Å². The summed E-state index contributed by atoms with van der Waals surface area (Å²) >= 11 is 6.00. The maximum Gasteiger partial charge on any atom is 0.573 e. The van der Waals surface area contributed by atoms with Crippen LogP contribution in [0.3, 0.4) is 0 Å². The Morgan fingerprint density at radius 2 is 1.86 bits per heavy atom. The van der Waals surface area contributed by atoms with Gasteiger partial charge in [0.2, 0.25) is 0 Å². The van der Waals surface area contributed by atoms with Crippen LogP contribution in [0, 0.1) is 0 Å². The van der Waals surface area contributed by atoms with E-state index in [1.54, 1.807) is 18.3 Å². The lowest BCUT2D eigenvalue weighted by Gasteiger charge is -2.13. The number of nitrogens with two attached hydrogens (primary N) is 1. The molecule has 1 aromatic carbocycles. The first-order valence-corrected chi connectivity index (χ1v) is 6.43. The second-order valence-corrected chi connectivity index (χ2v) is 4.78. The first-order chi connectivity index (χ1) is 9.85. The fourth-order valence-corrected chi connectivity index (χ4v) is 2.11. The number of benzene rings is 1. The van der Waals surface area contributed by atoms with Gasteiger partial charge in [0.25, 0.3) is 0 Å². The second kappa shape index (κ2) is 6.32. The summed E-state index contributed by atoms with van der Waals surface area (Å²) in [5, 5.41) is 0.460. The van der Waals surface area contributed by atoms with E-state index in [0.717, 1.165) is 5.56 Å². The van der Waals surface area contributed by atoms with Crippen molar-refractivity contribution in [2.24, 2.45) is 5.73 Å². The predicted molar refractivity (Wildman–Crippen MR) is 73.0 cm³/mol. The fourth-order valence-electron chi connectivity index (χ4n) is 1.85. The molecule has 0 aliphatic rings. The molecule has 2 aromatic rings. The van der Waals surface area contributed by atoms with Crippen molar-refractivity contribution >= 4 is 11.6 Å². The van der Waals surface area contributed by atoms with Crippen molar-refractivity contribution in [1.82, 2.24) is 4.98 Å². The van der Waals surface area contributed by atoms with E-state index in [4.69, 9.17) is 17.3 Å². The minimum atomic E-state index is -4.70. The van der Waals surface area contributed by atoms with E-state index in [2.05, 4.69) is 9.72 Å². The van der Waals surface area contributed by atoms with Gasteiger partial charge in [-0.25, -0.2) is 0 Å². The van der Waals surface area contributed by atoms with Crippen LogP contribution >= 0.6 is 11.6 Å². The molecular formula is C14H12ClF3N2O. The molecule has 0 radical (unpaired) electrons. The Balaban J connectivity index is 2.05. The Hall–Kier alpha value is -1.79. The van der Waals surface area contributed by atoms with Gasteiger partial charge in [0.05, 0.1) is 16.8 Å². The normalized spacial score (nSPS) is 13.0. The summed E-state index contributed by atoms with van der Waals surface area (Å²) in [5.41, 5.74) is 7.32. The second-order valence-electron chi connectivity index (χ2n) is 4.37. The van der Waals surface area contributed by atoms with Crippen molar-refractivity contribution in [3.63, 3.8) is 0 Å². The van der Waals surface area contributed by atoms with Crippen molar-refractivity contribution in [2.75, 3.05) is 0 Å². The molecule has 0 spiro atoms. The van der Waals surface area contributed by atoms with E-state index in [1.165, 1.54) is 24.3 Å². The van der Waals surface area contributed by atoms with Crippen LogP contribution in [0.25, 0.3) is 0 Å². The minimum absolute atomic E-state index is 0.268. The molecule has 0 aliphatic heterocycles. The maximum absolute atomic E-state index is 12.1. The van der Waals surface area contributed by atoms with Gasteiger partial charge in [-0.1, -0.05) is 23.7 Å². The average Bonchev–Trinajstić information content (AvgIpc) is 2.40. The van der Waals surface area contributed by atoms with E-state index in [0.29, 0.717) is 17.1 Å². The number of pyridine rings is 1. The average molecular weight is 317 g/mol.